The van der Waals surface area contributed by atoms with E-state index in [4.69, 9.17) is 14.3 Å². The lowest BCUT2D eigenvalue weighted by Gasteiger charge is -2.15. The van der Waals surface area contributed by atoms with Crippen LogP contribution in [-0.4, -0.2) is 24.5 Å². The van der Waals surface area contributed by atoms with Crippen molar-refractivity contribution in [3.63, 3.8) is 0 Å². The summed E-state index contributed by atoms with van der Waals surface area (Å²) in [6.07, 6.45) is -4.43. The number of benzene rings is 3. The largest absolute Gasteiger partial charge is 0.493 e. The molecule has 0 spiro atoms. The van der Waals surface area contributed by atoms with Gasteiger partial charge < -0.3 is 18.9 Å². The lowest BCUT2D eigenvalue weighted by Crippen LogP contribution is -2.05. The number of rotatable bonds is 8. The first-order valence-corrected chi connectivity index (χ1v) is 11.7. The molecule has 1 heterocycles. The summed E-state index contributed by atoms with van der Waals surface area (Å²) < 4.78 is 65.5. The quantitative estimate of drug-likeness (QED) is 0.135. The van der Waals surface area contributed by atoms with E-state index < -0.39 is 11.7 Å². The van der Waals surface area contributed by atoms with Crippen LogP contribution in [-0.2, 0) is 17.6 Å². The molecule has 0 bridgehead atoms. The fraction of sp³-hybridized carbons (Fsp3) is 0.207. The Balaban J connectivity index is 1.71. The summed E-state index contributed by atoms with van der Waals surface area (Å²) in [4.78, 5) is 5.43. The van der Waals surface area contributed by atoms with Crippen LogP contribution < -0.4 is 9.47 Å². The molecule has 0 N–H and O–H groups in total. The monoisotopic (exact) mass is 526 g/mol. The minimum Gasteiger partial charge on any atom is -0.493 e. The Morgan fingerprint density at radius 3 is 2.26 bits per heavy atom. The van der Waals surface area contributed by atoms with E-state index in [9.17, 15) is 17.6 Å². The van der Waals surface area contributed by atoms with Crippen molar-refractivity contribution in [3.8, 4) is 28.4 Å². The average Bonchev–Trinajstić information content (AvgIpc) is 3.25. The van der Waals surface area contributed by atoms with Gasteiger partial charge in [-0.1, -0.05) is 17.3 Å². The fourth-order valence-electron chi connectivity index (χ4n) is 4.19. The Hall–Kier alpha value is -4.27. The van der Waals surface area contributed by atoms with Gasteiger partial charge in [-0.15, -0.1) is 0 Å². The van der Waals surface area contributed by atoms with Crippen LogP contribution in [0.4, 0.5) is 17.6 Å². The predicted octanol–water partition coefficient (Wildman–Crippen LogP) is 7.57. The molecule has 0 aliphatic rings. The van der Waals surface area contributed by atoms with Gasteiger partial charge in [0.2, 0.25) is 0 Å². The van der Waals surface area contributed by atoms with Crippen LogP contribution in [0.15, 0.2) is 78.0 Å². The van der Waals surface area contributed by atoms with E-state index in [1.54, 1.807) is 45.4 Å². The number of alkyl halides is 3. The van der Waals surface area contributed by atoms with Crippen LogP contribution in [0.2, 0.25) is 0 Å². The Labute approximate surface area is 217 Å². The molecule has 0 aliphatic carbocycles. The lowest BCUT2D eigenvalue weighted by molar-refractivity contribution is -0.137. The van der Waals surface area contributed by atoms with Crippen molar-refractivity contribution in [1.82, 2.24) is 4.57 Å². The zero-order chi connectivity index (χ0) is 27.4. The maximum Gasteiger partial charge on any atom is 0.416 e. The molecule has 0 aliphatic heterocycles. The highest BCUT2D eigenvalue weighted by atomic mass is 19.4. The minimum atomic E-state index is -4.43. The topological polar surface area (TPSA) is 45.0 Å². The standard InChI is InChI=1S/C29H26F4N2O3/c1-18(34-38-17-20-6-5-7-22(14-20)29(31,32)33)25-16-26(21-8-10-23(30)11-9-21)35(19(25)2)24-12-13-27(36-3)28(15-24)37-4/h5-16H,17H2,1-4H3/b34-18+. The molecule has 1 aromatic heterocycles. The van der Waals surface area contributed by atoms with E-state index >= 15 is 0 Å². The summed E-state index contributed by atoms with van der Waals surface area (Å²) in [6.45, 7) is 3.54. The second kappa shape index (κ2) is 11.0. The number of hydrogen-bond acceptors (Lipinski definition) is 4. The van der Waals surface area contributed by atoms with Gasteiger partial charge in [0.15, 0.2) is 11.5 Å². The van der Waals surface area contributed by atoms with Gasteiger partial charge in [-0.2, -0.15) is 13.2 Å². The number of methoxy groups -OCH3 is 2. The van der Waals surface area contributed by atoms with Crippen molar-refractivity contribution in [2.45, 2.75) is 26.6 Å². The van der Waals surface area contributed by atoms with Crippen LogP contribution in [0.3, 0.4) is 0 Å². The van der Waals surface area contributed by atoms with Crippen LogP contribution in [0, 0.1) is 12.7 Å². The van der Waals surface area contributed by atoms with Crippen molar-refractivity contribution in [3.05, 3.63) is 101 Å². The Bertz CT molecular complexity index is 1460. The van der Waals surface area contributed by atoms with Crippen molar-refractivity contribution in [2.75, 3.05) is 14.2 Å². The molecule has 3 aromatic carbocycles. The van der Waals surface area contributed by atoms with E-state index in [0.717, 1.165) is 40.3 Å². The molecule has 0 amide bonds. The maximum atomic E-state index is 13.7. The molecule has 4 aromatic rings. The molecule has 198 valence electrons. The third-order valence-corrected chi connectivity index (χ3v) is 6.09. The summed E-state index contributed by atoms with van der Waals surface area (Å²) in [7, 11) is 3.11. The molecule has 0 unspecified atom stereocenters. The van der Waals surface area contributed by atoms with Crippen molar-refractivity contribution >= 4 is 5.71 Å². The van der Waals surface area contributed by atoms with Gasteiger partial charge in [-0.05, 0) is 79.6 Å². The molecule has 0 saturated heterocycles. The third kappa shape index (κ3) is 5.66. The molecule has 0 saturated carbocycles. The van der Waals surface area contributed by atoms with Gasteiger partial charge in [0.05, 0.1) is 31.2 Å². The summed E-state index contributed by atoms with van der Waals surface area (Å²) >= 11 is 0. The fourth-order valence-corrected chi connectivity index (χ4v) is 4.19. The molecule has 9 heteroatoms. The number of nitrogens with zero attached hydrogens (tertiary/aromatic N) is 2. The number of oxime groups is 1. The second-order valence-corrected chi connectivity index (χ2v) is 8.56. The molecule has 0 radical (unpaired) electrons. The first-order chi connectivity index (χ1) is 18.1. The van der Waals surface area contributed by atoms with Gasteiger partial charge >= 0.3 is 6.18 Å². The van der Waals surface area contributed by atoms with E-state index in [-0.39, 0.29) is 12.4 Å². The summed E-state index contributed by atoms with van der Waals surface area (Å²) in [6, 6.07) is 18.5. The summed E-state index contributed by atoms with van der Waals surface area (Å²) in [5, 5.41) is 4.18. The van der Waals surface area contributed by atoms with Crippen molar-refractivity contribution in [2.24, 2.45) is 5.16 Å². The molecule has 38 heavy (non-hydrogen) atoms. The van der Waals surface area contributed by atoms with Gasteiger partial charge in [0.1, 0.15) is 12.4 Å². The van der Waals surface area contributed by atoms with Crippen LogP contribution in [0.1, 0.15) is 29.3 Å². The van der Waals surface area contributed by atoms with Crippen LogP contribution in [0.5, 0.6) is 11.5 Å². The van der Waals surface area contributed by atoms with E-state index in [2.05, 4.69) is 5.16 Å². The summed E-state index contributed by atoms with van der Waals surface area (Å²) in [5.74, 6) is 0.764. The Morgan fingerprint density at radius 2 is 1.61 bits per heavy atom. The minimum absolute atomic E-state index is 0.123. The molecule has 0 atom stereocenters. The van der Waals surface area contributed by atoms with E-state index in [0.29, 0.717) is 22.8 Å². The predicted molar refractivity (Wildman–Crippen MR) is 137 cm³/mol. The number of ether oxygens (including phenoxy) is 2. The summed E-state index contributed by atoms with van der Waals surface area (Å²) in [5.41, 5.74) is 4.03. The van der Waals surface area contributed by atoms with Crippen LogP contribution >= 0.6 is 0 Å². The third-order valence-electron chi connectivity index (χ3n) is 6.09. The first-order valence-electron chi connectivity index (χ1n) is 11.7. The highest BCUT2D eigenvalue weighted by Crippen LogP contribution is 2.35. The highest BCUT2D eigenvalue weighted by Gasteiger charge is 2.30. The smallest absolute Gasteiger partial charge is 0.416 e. The zero-order valence-corrected chi connectivity index (χ0v) is 21.3. The molecule has 5 nitrogen and oxygen atoms in total. The second-order valence-electron chi connectivity index (χ2n) is 8.56. The maximum absolute atomic E-state index is 13.7. The lowest BCUT2D eigenvalue weighted by atomic mass is 10.1. The number of aromatic nitrogens is 1. The van der Waals surface area contributed by atoms with Gasteiger partial charge in [0, 0.05) is 23.0 Å². The SMILES string of the molecule is COc1ccc(-n2c(-c3ccc(F)cc3)cc(/C(C)=N/OCc3cccc(C(F)(F)F)c3)c2C)cc1OC. The number of halogens is 4. The van der Waals surface area contributed by atoms with Gasteiger partial charge in [0.25, 0.3) is 0 Å². The van der Waals surface area contributed by atoms with E-state index in [1.807, 2.05) is 29.7 Å². The molecule has 4 rings (SSSR count). The average molecular weight is 527 g/mol. The Morgan fingerprint density at radius 1 is 0.895 bits per heavy atom. The van der Waals surface area contributed by atoms with Gasteiger partial charge in [-0.25, -0.2) is 4.39 Å². The van der Waals surface area contributed by atoms with Gasteiger partial charge in [-0.3, -0.25) is 0 Å². The number of hydrogen-bond donors (Lipinski definition) is 0. The normalized spacial score (nSPS) is 11.9. The van der Waals surface area contributed by atoms with E-state index in [1.165, 1.54) is 18.2 Å². The molecular formula is C29H26F4N2O3. The van der Waals surface area contributed by atoms with Crippen molar-refractivity contribution in [1.29, 1.82) is 0 Å². The van der Waals surface area contributed by atoms with Crippen LogP contribution in [0.25, 0.3) is 16.9 Å². The highest BCUT2D eigenvalue weighted by molar-refractivity contribution is 6.01. The van der Waals surface area contributed by atoms with Crippen molar-refractivity contribution < 1.29 is 31.9 Å². The molecule has 0 fully saturated rings. The first kappa shape index (κ1) is 26.8. The zero-order valence-electron chi connectivity index (χ0n) is 21.3. The Kier molecular flexibility index (Phi) is 7.75. The molecular weight excluding hydrogens is 500 g/mol.